The van der Waals surface area contributed by atoms with Crippen molar-refractivity contribution in [2.24, 2.45) is 0 Å². The van der Waals surface area contributed by atoms with Crippen molar-refractivity contribution in [3.63, 3.8) is 0 Å². The minimum atomic E-state index is -4.69. The van der Waals surface area contributed by atoms with E-state index >= 15 is 0 Å². The summed E-state index contributed by atoms with van der Waals surface area (Å²) < 4.78 is 71.3. The summed E-state index contributed by atoms with van der Waals surface area (Å²) in [4.78, 5) is 25.7. The average Bonchev–Trinajstić information content (AvgIpc) is 3.49. The third kappa shape index (κ3) is 5.19. The number of aryl methyl sites for hydroxylation is 2. The number of halogens is 3. The first kappa shape index (κ1) is 27.1. The number of hydrogen-bond donors (Lipinski definition) is 1. The first-order chi connectivity index (χ1) is 18.9. The molecule has 0 unspecified atom stereocenters. The van der Waals surface area contributed by atoms with E-state index in [-0.39, 0.29) is 50.3 Å². The minimum absolute atomic E-state index is 0.0408. The fourth-order valence-electron chi connectivity index (χ4n) is 4.15. The summed E-state index contributed by atoms with van der Waals surface area (Å²) in [5.74, 6) is -0.271. The van der Waals surface area contributed by atoms with Crippen molar-refractivity contribution in [1.82, 2.24) is 28.9 Å². The number of hydrogen-bond acceptors (Lipinski definition) is 9. The Morgan fingerprint density at radius 3 is 2.42 bits per heavy atom. The van der Waals surface area contributed by atoms with E-state index < -0.39 is 27.5 Å². The molecule has 0 saturated heterocycles. The molecule has 0 aliphatic rings. The van der Waals surface area contributed by atoms with Crippen LogP contribution >= 0.6 is 0 Å². The lowest BCUT2D eigenvalue weighted by atomic mass is 10.1. The van der Waals surface area contributed by atoms with Gasteiger partial charge in [-0.15, -0.1) is 0 Å². The van der Waals surface area contributed by atoms with Crippen LogP contribution in [-0.4, -0.2) is 43.0 Å². The van der Waals surface area contributed by atoms with Gasteiger partial charge in [0, 0.05) is 35.4 Å². The van der Waals surface area contributed by atoms with E-state index in [1.807, 2.05) is 32.0 Å². The third-order valence-corrected chi connectivity index (χ3v) is 7.46. The fraction of sp³-hybridized carbons (Fsp3) is 0.240. The molecule has 4 aromatic heterocycles. The van der Waals surface area contributed by atoms with Crippen LogP contribution in [0.1, 0.15) is 30.2 Å². The Bertz CT molecular complexity index is 1890. The molecule has 1 aromatic carbocycles. The largest absolute Gasteiger partial charge is 0.435 e. The van der Waals surface area contributed by atoms with Gasteiger partial charge in [0.1, 0.15) is 5.39 Å². The van der Waals surface area contributed by atoms with Gasteiger partial charge < -0.3 is 9.84 Å². The molecule has 4 heterocycles. The molecule has 40 heavy (non-hydrogen) atoms. The number of aromatic nitrogens is 6. The smallest absolute Gasteiger partial charge is 0.340 e. The molecule has 0 amide bonds. The van der Waals surface area contributed by atoms with Crippen molar-refractivity contribution >= 4 is 32.8 Å². The molecule has 0 fully saturated rings. The molecule has 0 aliphatic carbocycles. The molecule has 0 radical (unpaired) electrons. The lowest BCUT2D eigenvalue weighted by Crippen LogP contribution is -2.25. The number of fused-ring (bicyclic) bond motifs is 1. The van der Waals surface area contributed by atoms with Crippen molar-refractivity contribution in [2.75, 3.05) is 11.1 Å². The Kier molecular flexibility index (Phi) is 6.69. The molecular formula is C25H22F3N7O4S. The Labute approximate surface area is 225 Å². The van der Waals surface area contributed by atoms with E-state index in [0.29, 0.717) is 5.69 Å². The maximum absolute atomic E-state index is 13.3. The summed E-state index contributed by atoms with van der Waals surface area (Å²) in [5, 5.41) is 6.54. The van der Waals surface area contributed by atoms with Crippen LogP contribution in [0.25, 0.3) is 28.0 Å². The van der Waals surface area contributed by atoms with Crippen LogP contribution < -0.4 is 10.9 Å². The number of rotatable bonds is 7. The lowest BCUT2D eigenvalue weighted by molar-refractivity contribution is -0.141. The van der Waals surface area contributed by atoms with Crippen LogP contribution in [0, 0.1) is 13.8 Å². The quantitative estimate of drug-likeness (QED) is 0.296. The predicted octanol–water partition coefficient (Wildman–Crippen LogP) is 4.60. The summed E-state index contributed by atoms with van der Waals surface area (Å²) in [6.07, 6.45) is -0.710. The van der Waals surface area contributed by atoms with E-state index in [4.69, 9.17) is 4.52 Å². The molecular weight excluding hydrogens is 551 g/mol. The van der Waals surface area contributed by atoms with Crippen molar-refractivity contribution in [3.05, 3.63) is 76.1 Å². The topological polar surface area (TPSA) is 138 Å². The van der Waals surface area contributed by atoms with Gasteiger partial charge in [-0.2, -0.15) is 23.3 Å². The van der Waals surface area contributed by atoms with Gasteiger partial charge in [-0.05, 0) is 55.7 Å². The maximum atomic E-state index is 13.3. The Morgan fingerprint density at radius 2 is 1.77 bits per heavy atom. The first-order valence-corrected chi connectivity index (χ1v) is 13.6. The number of nitrogens with one attached hydrogen (secondary N) is 1. The summed E-state index contributed by atoms with van der Waals surface area (Å²) in [5.41, 5.74) is 0.744. The van der Waals surface area contributed by atoms with Crippen molar-refractivity contribution < 1.29 is 26.1 Å². The van der Waals surface area contributed by atoms with E-state index in [0.717, 1.165) is 28.1 Å². The maximum Gasteiger partial charge on any atom is 0.435 e. The second-order valence-corrected chi connectivity index (χ2v) is 11.0. The summed E-state index contributed by atoms with van der Waals surface area (Å²) in [7, 11) is -4.04. The second kappa shape index (κ2) is 9.89. The van der Waals surface area contributed by atoms with Crippen LogP contribution in [0.5, 0.6) is 0 Å². The zero-order valence-corrected chi connectivity index (χ0v) is 22.2. The lowest BCUT2D eigenvalue weighted by Gasteiger charge is -2.12. The van der Waals surface area contributed by atoms with Crippen LogP contribution in [0.15, 0.2) is 58.2 Å². The van der Waals surface area contributed by atoms with E-state index in [1.165, 1.54) is 18.5 Å². The van der Waals surface area contributed by atoms with Gasteiger partial charge in [-0.3, -0.25) is 4.79 Å². The normalized spacial score (nSPS) is 12.2. The molecule has 5 aromatic rings. The van der Waals surface area contributed by atoms with E-state index in [9.17, 15) is 26.4 Å². The van der Waals surface area contributed by atoms with Gasteiger partial charge in [0.15, 0.2) is 11.5 Å². The highest BCUT2D eigenvalue weighted by Gasteiger charge is 2.34. The number of alkyl halides is 3. The predicted molar refractivity (Wildman–Crippen MR) is 140 cm³/mol. The number of pyridine rings is 1. The Morgan fingerprint density at radius 1 is 1.05 bits per heavy atom. The molecule has 15 heteroatoms. The third-order valence-electron chi connectivity index (χ3n) is 5.79. The molecule has 0 aliphatic heterocycles. The van der Waals surface area contributed by atoms with Gasteiger partial charge in [0.25, 0.3) is 15.7 Å². The highest BCUT2D eigenvalue weighted by Crippen LogP contribution is 2.31. The molecule has 0 saturated carbocycles. The van der Waals surface area contributed by atoms with Gasteiger partial charge in [-0.1, -0.05) is 17.1 Å². The van der Waals surface area contributed by atoms with E-state index in [2.05, 4.69) is 25.4 Å². The number of nitrogens with zero attached hydrogens (tertiary/aromatic N) is 6. The van der Waals surface area contributed by atoms with E-state index in [1.54, 1.807) is 6.92 Å². The Balaban J connectivity index is 1.65. The van der Waals surface area contributed by atoms with Gasteiger partial charge >= 0.3 is 11.7 Å². The first-order valence-electron chi connectivity index (χ1n) is 12.0. The molecule has 208 valence electrons. The summed E-state index contributed by atoms with van der Waals surface area (Å²) >= 11 is 0. The van der Waals surface area contributed by atoms with Crippen LogP contribution in [0.2, 0.25) is 0 Å². The van der Waals surface area contributed by atoms with Crippen molar-refractivity contribution in [1.29, 1.82) is 0 Å². The summed E-state index contributed by atoms with van der Waals surface area (Å²) in [6, 6.07) is 7.81. The zero-order valence-electron chi connectivity index (χ0n) is 21.4. The van der Waals surface area contributed by atoms with Crippen LogP contribution in [0.4, 0.5) is 24.8 Å². The molecule has 0 atom stereocenters. The van der Waals surface area contributed by atoms with Gasteiger partial charge in [-0.25, -0.2) is 23.1 Å². The van der Waals surface area contributed by atoms with Crippen molar-refractivity contribution in [3.8, 4) is 16.9 Å². The fourth-order valence-corrected chi connectivity index (χ4v) is 5.37. The second-order valence-electron chi connectivity index (χ2n) is 9.09. The molecule has 0 spiro atoms. The zero-order chi connectivity index (χ0) is 28.8. The number of anilines is 2. The van der Waals surface area contributed by atoms with Crippen LogP contribution in [-0.2, 0) is 16.2 Å². The van der Waals surface area contributed by atoms with Crippen LogP contribution in [0.3, 0.4) is 0 Å². The highest BCUT2D eigenvalue weighted by molar-refractivity contribution is 7.89. The van der Waals surface area contributed by atoms with Gasteiger partial charge in [0.2, 0.25) is 5.95 Å². The summed E-state index contributed by atoms with van der Waals surface area (Å²) in [6.45, 7) is 5.47. The average molecular weight is 574 g/mol. The highest BCUT2D eigenvalue weighted by atomic mass is 32.2. The number of benzene rings is 1. The monoisotopic (exact) mass is 573 g/mol. The van der Waals surface area contributed by atoms with Gasteiger partial charge in [0.05, 0.1) is 5.75 Å². The SMILES string of the molecule is CCCS(=O)(=O)n1oc2ncc(-c3cnc(Nc4cc(C)cc(C)c4)nc3-n3ccc(C(F)(F)F)n3)cc2c1=O. The Hall–Kier alpha value is -4.53. The minimum Gasteiger partial charge on any atom is -0.340 e. The molecule has 0 bridgehead atoms. The van der Waals surface area contributed by atoms with Crippen molar-refractivity contribution in [2.45, 2.75) is 33.4 Å². The molecule has 1 N–H and O–H groups in total. The standard InChI is InChI=1S/C25H22F3N7O4S/c1-4-7-40(37,38)35-23(36)18-11-16(12-29-22(18)39-35)19-13-30-24(31-17-9-14(2)8-15(3)10-17)32-21(19)34-6-5-20(33-34)25(26,27)28/h5-6,8-13H,4,7H2,1-3H3,(H,30,31,32). The molecule has 5 rings (SSSR count). The molecule has 11 nitrogen and oxygen atoms in total.